The first-order valence-electron chi connectivity index (χ1n) is 15.2. The standard InChI is InChI=1S/C38H35N3O3/c1-38(37(43)44,33-12-7-11-29-31-16-14-25-22-27(39)15-17-28(25)30(31)18-19-32(29)33)35-36(42)41(21-20-24-8-3-2-4-9-24)23-26-10-5-6-13-34(26)40-35/h2-6,8-10,13-15,17-22,35,40H,7,11-12,16,23,39H2,1H3,(H,43,44). The second-order valence-electron chi connectivity index (χ2n) is 12.1. The van der Waals surface area contributed by atoms with Crippen LogP contribution in [0.5, 0.6) is 0 Å². The molecule has 4 N–H and O–H groups in total. The molecule has 2 aliphatic carbocycles. The van der Waals surface area contributed by atoms with Crippen LogP contribution in [0.4, 0.5) is 11.4 Å². The van der Waals surface area contributed by atoms with Gasteiger partial charge in [-0.1, -0.05) is 72.8 Å². The molecule has 7 rings (SSSR count). The molecule has 2 unspecified atom stereocenters. The van der Waals surface area contributed by atoms with Crippen LogP contribution in [0.25, 0.3) is 17.7 Å². The highest BCUT2D eigenvalue weighted by Gasteiger charge is 2.51. The van der Waals surface area contributed by atoms with Crippen molar-refractivity contribution < 1.29 is 14.7 Å². The number of carboxylic acid groups (broad SMARTS) is 1. The Bertz CT molecular complexity index is 2070. The van der Waals surface area contributed by atoms with Crippen molar-refractivity contribution in [2.45, 2.75) is 45.2 Å². The predicted octanol–water partition coefficient (Wildman–Crippen LogP) is 4.96. The van der Waals surface area contributed by atoms with Gasteiger partial charge in [-0.3, -0.25) is 9.59 Å². The quantitative estimate of drug-likeness (QED) is 0.290. The average Bonchev–Trinajstić information content (AvgIpc) is 3.19. The molecule has 44 heavy (non-hydrogen) atoms. The van der Waals surface area contributed by atoms with Gasteiger partial charge in [-0.05, 0) is 106 Å². The first-order valence-corrected chi connectivity index (χ1v) is 15.2. The molecule has 0 radical (unpaired) electrons. The summed E-state index contributed by atoms with van der Waals surface area (Å²) in [4.78, 5) is 29.6. The minimum atomic E-state index is -1.50. The lowest BCUT2D eigenvalue weighted by molar-refractivity contribution is -0.149. The lowest BCUT2D eigenvalue weighted by Gasteiger charge is -2.38. The smallest absolute Gasteiger partial charge is 0.316 e. The normalized spacial score (nSPS) is 18.6. The number of benzene rings is 4. The molecule has 0 saturated heterocycles. The Hall–Kier alpha value is -5.10. The highest BCUT2D eigenvalue weighted by molar-refractivity contribution is 5.99. The van der Waals surface area contributed by atoms with Gasteiger partial charge < -0.3 is 21.1 Å². The lowest BCUT2D eigenvalue weighted by Crippen LogP contribution is -2.54. The monoisotopic (exact) mass is 581 g/mol. The third-order valence-electron chi connectivity index (χ3n) is 9.58. The molecule has 220 valence electrons. The van der Waals surface area contributed by atoms with Crippen LogP contribution in [-0.2, 0) is 29.0 Å². The minimum absolute atomic E-state index is 0.268. The molecular weight excluding hydrogens is 546 g/mol. The van der Waals surface area contributed by atoms with E-state index in [-0.39, 0.29) is 5.91 Å². The molecule has 0 fully saturated rings. The van der Waals surface area contributed by atoms with Crippen molar-refractivity contribution in [1.82, 2.24) is 4.90 Å². The third-order valence-corrected chi connectivity index (χ3v) is 9.58. The van der Waals surface area contributed by atoms with Crippen LogP contribution < -0.4 is 21.5 Å². The van der Waals surface area contributed by atoms with Crippen LogP contribution in [0.1, 0.15) is 42.0 Å². The highest BCUT2D eigenvalue weighted by Crippen LogP contribution is 2.41. The zero-order chi connectivity index (χ0) is 30.4. The van der Waals surface area contributed by atoms with Gasteiger partial charge in [0.25, 0.3) is 5.91 Å². The maximum atomic E-state index is 14.5. The van der Waals surface area contributed by atoms with Crippen LogP contribution >= 0.6 is 0 Å². The van der Waals surface area contributed by atoms with Crippen LogP contribution in [0.2, 0.25) is 0 Å². The van der Waals surface area contributed by atoms with E-state index < -0.39 is 17.4 Å². The molecule has 0 aromatic heterocycles. The fourth-order valence-electron chi connectivity index (χ4n) is 7.20. The Labute approximate surface area is 256 Å². The van der Waals surface area contributed by atoms with Crippen molar-refractivity contribution in [3.05, 3.63) is 134 Å². The van der Waals surface area contributed by atoms with Gasteiger partial charge in [-0.2, -0.15) is 0 Å². The fraction of sp³-hybridized carbons (Fsp3) is 0.211. The molecular formula is C38H35N3O3. The summed E-state index contributed by atoms with van der Waals surface area (Å²) in [6, 6.07) is 26.8. The molecule has 1 heterocycles. The fourth-order valence-corrected chi connectivity index (χ4v) is 7.20. The van der Waals surface area contributed by atoms with Crippen LogP contribution in [0.15, 0.2) is 91.1 Å². The van der Waals surface area contributed by atoms with Crippen LogP contribution in [0.3, 0.4) is 0 Å². The second-order valence-corrected chi connectivity index (χ2v) is 12.1. The van der Waals surface area contributed by atoms with Gasteiger partial charge in [0, 0.05) is 17.6 Å². The first-order chi connectivity index (χ1) is 21.3. The van der Waals surface area contributed by atoms with Gasteiger partial charge in [-0.25, -0.2) is 0 Å². The van der Waals surface area contributed by atoms with Gasteiger partial charge >= 0.3 is 5.97 Å². The molecule has 1 aliphatic heterocycles. The Morgan fingerprint density at radius 2 is 1.70 bits per heavy atom. The van der Waals surface area contributed by atoms with Crippen LogP contribution in [0, 0.1) is 15.9 Å². The number of nitrogens with two attached hydrogens (primary N) is 1. The highest BCUT2D eigenvalue weighted by atomic mass is 16.4. The zero-order valence-electron chi connectivity index (χ0n) is 24.7. The number of hydrogen-bond acceptors (Lipinski definition) is 4. The number of rotatable bonds is 5. The molecule has 4 aromatic carbocycles. The molecule has 3 aliphatic rings. The van der Waals surface area contributed by atoms with E-state index in [2.05, 4.69) is 29.6 Å². The topological polar surface area (TPSA) is 95.7 Å². The Morgan fingerprint density at radius 1 is 0.955 bits per heavy atom. The molecule has 0 saturated carbocycles. The zero-order valence-corrected chi connectivity index (χ0v) is 24.7. The Kier molecular flexibility index (Phi) is 6.85. The number of nitrogen functional groups attached to an aromatic ring is 1. The van der Waals surface area contributed by atoms with Crippen molar-refractivity contribution >= 4 is 41.0 Å². The summed E-state index contributed by atoms with van der Waals surface area (Å²) in [7, 11) is 0. The van der Waals surface area contributed by atoms with Crippen molar-refractivity contribution in [2.24, 2.45) is 5.41 Å². The number of aliphatic carboxylic acids is 1. The maximum Gasteiger partial charge on any atom is 0.316 e. The number of carbonyl (C=O) groups excluding carboxylic acids is 1. The number of nitrogens with zero attached hydrogens (tertiary/aromatic N) is 1. The number of carbonyl (C=O) groups is 2. The SMILES string of the molecule is CC(C(=O)O)(C1=c2ccc3c(c2CCC1)CC=c1cc(N)ccc1=3)C1Nc2ccccc2CN(C=Cc2ccccc2)C1=O. The van der Waals surface area contributed by atoms with Crippen molar-refractivity contribution in [3.8, 4) is 0 Å². The summed E-state index contributed by atoms with van der Waals surface area (Å²) in [5, 5.41) is 18.9. The number of fused-ring (bicyclic) bond motifs is 5. The third kappa shape index (κ3) is 4.58. The minimum Gasteiger partial charge on any atom is -0.481 e. The largest absolute Gasteiger partial charge is 0.481 e. The number of hydrogen-bond donors (Lipinski definition) is 3. The summed E-state index contributed by atoms with van der Waals surface area (Å²) >= 11 is 0. The molecule has 0 bridgehead atoms. The molecule has 6 heteroatoms. The summed E-state index contributed by atoms with van der Waals surface area (Å²) in [6.45, 7) is 2.07. The van der Waals surface area contributed by atoms with Crippen LogP contribution in [-0.4, -0.2) is 27.9 Å². The van der Waals surface area contributed by atoms with Gasteiger partial charge in [0.2, 0.25) is 0 Å². The van der Waals surface area contributed by atoms with Gasteiger partial charge in [-0.15, -0.1) is 0 Å². The van der Waals surface area contributed by atoms with Gasteiger partial charge in [0.15, 0.2) is 0 Å². The number of carboxylic acids is 1. The van der Waals surface area contributed by atoms with Crippen molar-refractivity contribution in [3.63, 3.8) is 0 Å². The van der Waals surface area contributed by atoms with Crippen molar-refractivity contribution in [1.29, 1.82) is 0 Å². The maximum absolute atomic E-state index is 14.5. The van der Waals surface area contributed by atoms with Crippen molar-refractivity contribution in [2.75, 3.05) is 11.1 Å². The first kappa shape index (κ1) is 27.7. The van der Waals surface area contributed by atoms with E-state index in [1.165, 1.54) is 16.3 Å². The lowest BCUT2D eigenvalue weighted by atomic mass is 9.69. The van der Waals surface area contributed by atoms with E-state index in [0.29, 0.717) is 13.0 Å². The molecule has 6 nitrogen and oxygen atoms in total. The second kappa shape index (κ2) is 10.9. The summed E-state index contributed by atoms with van der Waals surface area (Å²) < 4.78 is 0. The number of amides is 1. The number of anilines is 2. The van der Waals surface area contributed by atoms with E-state index in [1.54, 1.807) is 18.0 Å². The van der Waals surface area contributed by atoms with E-state index in [4.69, 9.17) is 5.73 Å². The summed E-state index contributed by atoms with van der Waals surface area (Å²) in [5.74, 6) is -1.28. The molecule has 4 aromatic rings. The Balaban J connectivity index is 1.41. The predicted molar refractivity (Wildman–Crippen MR) is 174 cm³/mol. The molecule has 1 amide bonds. The van der Waals surface area contributed by atoms with Gasteiger partial charge in [0.1, 0.15) is 11.5 Å². The summed E-state index contributed by atoms with van der Waals surface area (Å²) in [6.07, 6.45) is 8.96. The van der Waals surface area contributed by atoms with E-state index in [9.17, 15) is 14.7 Å². The molecule has 2 atom stereocenters. The summed E-state index contributed by atoms with van der Waals surface area (Å²) in [5.41, 5.74) is 11.2. The molecule has 0 spiro atoms. The number of para-hydroxylation sites is 1. The van der Waals surface area contributed by atoms with E-state index >= 15 is 0 Å². The Morgan fingerprint density at radius 3 is 2.52 bits per heavy atom. The van der Waals surface area contributed by atoms with Gasteiger partial charge in [0.05, 0.1) is 6.54 Å². The number of nitrogens with one attached hydrogen (secondary N) is 1. The average molecular weight is 582 g/mol. The van der Waals surface area contributed by atoms with E-state index in [1.807, 2.05) is 72.8 Å². The van der Waals surface area contributed by atoms with E-state index in [0.717, 1.165) is 63.0 Å².